The first-order valence-corrected chi connectivity index (χ1v) is 10.4. The van der Waals surface area contributed by atoms with Crippen LogP contribution >= 0.6 is 0 Å². The van der Waals surface area contributed by atoms with Gasteiger partial charge in [-0.15, -0.1) is 0 Å². The van der Waals surface area contributed by atoms with Gasteiger partial charge >= 0.3 is 0 Å². The quantitative estimate of drug-likeness (QED) is 0.621. The zero-order valence-electron chi connectivity index (χ0n) is 17.9. The minimum absolute atomic E-state index is 0.0493. The third-order valence-electron chi connectivity index (χ3n) is 5.62. The van der Waals surface area contributed by atoms with Crippen molar-refractivity contribution in [2.45, 2.75) is 25.3 Å². The standard InChI is InChI=1S/C23H24F2N4O3/c1-31-20-7-6-14(9-21(20)32-2)23(30)29-8-4-3-5-15(29)12-27-22-13-26-18-10-16(24)17(25)11-19(18)28-22/h6-7,9-11,13,15H,3-5,8,12H2,1-2H3,(H,27,28). The van der Waals surface area contributed by atoms with E-state index in [0.717, 1.165) is 31.4 Å². The molecular formula is C23H24F2N4O3. The summed E-state index contributed by atoms with van der Waals surface area (Å²) in [6.45, 7) is 1.11. The summed E-state index contributed by atoms with van der Waals surface area (Å²) in [6, 6.07) is 7.12. The number of anilines is 1. The zero-order chi connectivity index (χ0) is 22.7. The number of hydrogen-bond acceptors (Lipinski definition) is 6. The van der Waals surface area contributed by atoms with Gasteiger partial charge in [0.05, 0.1) is 31.4 Å². The van der Waals surface area contributed by atoms with Crippen LogP contribution in [0.1, 0.15) is 29.6 Å². The molecule has 7 nitrogen and oxygen atoms in total. The predicted molar refractivity (Wildman–Crippen MR) is 116 cm³/mol. The number of amides is 1. The first-order valence-electron chi connectivity index (χ1n) is 10.4. The number of methoxy groups -OCH3 is 2. The highest BCUT2D eigenvalue weighted by Crippen LogP contribution is 2.29. The molecule has 0 saturated carbocycles. The summed E-state index contributed by atoms with van der Waals surface area (Å²) in [5, 5.41) is 3.19. The van der Waals surface area contributed by atoms with Crippen LogP contribution in [0.4, 0.5) is 14.6 Å². The van der Waals surface area contributed by atoms with Crippen molar-refractivity contribution < 1.29 is 23.0 Å². The highest BCUT2D eigenvalue weighted by Gasteiger charge is 2.28. The van der Waals surface area contributed by atoms with Crippen molar-refractivity contribution in [3.05, 3.63) is 53.7 Å². The lowest BCUT2D eigenvalue weighted by atomic mass is 10.0. The molecule has 2 aromatic carbocycles. The minimum atomic E-state index is -0.970. The first-order chi connectivity index (χ1) is 15.5. The van der Waals surface area contributed by atoms with Crippen molar-refractivity contribution in [1.29, 1.82) is 0 Å². The average Bonchev–Trinajstić information content (AvgIpc) is 2.82. The Hall–Kier alpha value is -3.49. The SMILES string of the molecule is COc1ccc(C(=O)N2CCCCC2CNc2cnc3cc(F)c(F)cc3n2)cc1OC. The molecule has 0 bridgehead atoms. The molecule has 4 rings (SSSR count). The number of rotatable bonds is 6. The molecule has 1 aliphatic rings. The Morgan fingerprint density at radius 1 is 1.09 bits per heavy atom. The summed E-state index contributed by atoms with van der Waals surface area (Å²) in [5.74, 6) is -0.513. The number of benzene rings is 2. The fraction of sp³-hybridized carbons (Fsp3) is 0.348. The molecule has 3 aromatic rings. The lowest BCUT2D eigenvalue weighted by Crippen LogP contribution is -2.47. The molecule has 1 aliphatic heterocycles. The van der Waals surface area contributed by atoms with Gasteiger partial charge in [0, 0.05) is 36.8 Å². The predicted octanol–water partition coefficient (Wildman–Crippen LogP) is 4.03. The third kappa shape index (κ3) is 4.42. The van der Waals surface area contributed by atoms with E-state index in [1.807, 2.05) is 4.90 Å². The second-order valence-electron chi connectivity index (χ2n) is 7.61. The van der Waals surface area contributed by atoms with E-state index >= 15 is 0 Å². The summed E-state index contributed by atoms with van der Waals surface area (Å²) >= 11 is 0. The van der Waals surface area contributed by atoms with Gasteiger partial charge in [0.1, 0.15) is 5.82 Å². The van der Waals surface area contributed by atoms with E-state index in [9.17, 15) is 13.6 Å². The van der Waals surface area contributed by atoms with Crippen molar-refractivity contribution in [3.63, 3.8) is 0 Å². The largest absolute Gasteiger partial charge is 0.493 e. The van der Waals surface area contributed by atoms with Crippen molar-refractivity contribution >= 4 is 22.8 Å². The second-order valence-corrected chi connectivity index (χ2v) is 7.61. The summed E-state index contributed by atoms with van der Waals surface area (Å²) in [4.78, 5) is 23.5. The van der Waals surface area contributed by atoms with Crippen molar-refractivity contribution in [3.8, 4) is 11.5 Å². The molecule has 0 spiro atoms. The number of piperidine rings is 1. The molecule has 1 atom stereocenters. The van der Waals surface area contributed by atoms with E-state index in [1.165, 1.54) is 13.3 Å². The molecule has 2 heterocycles. The first kappa shape index (κ1) is 21.7. The summed E-state index contributed by atoms with van der Waals surface area (Å²) in [5.41, 5.74) is 1.06. The van der Waals surface area contributed by atoms with E-state index in [-0.39, 0.29) is 23.0 Å². The van der Waals surface area contributed by atoms with Crippen LogP contribution in [0.5, 0.6) is 11.5 Å². The number of hydrogen-bond donors (Lipinski definition) is 1. The molecule has 1 aromatic heterocycles. The maximum absolute atomic E-state index is 13.5. The summed E-state index contributed by atoms with van der Waals surface area (Å²) < 4.78 is 37.5. The normalized spacial score (nSPS) is 16.1. The fourth-order valence-electron chi connectivity index (χ4n) is 3.93. The van der Waals surface area contributed by atoms with E-state index in [1.54, 1.807) is 25.3 Å². The Labute approximate surface area is 184 Å². The highest BCUT2D eigenvalue weighted by molar-refractivity contribution is 5.95. The van der Waals surface area contributed by atoms with Crippen molar-refractivity contribution in [2.75, 3.05) is 32.6 Å². The van der Waals surface area contributed by atoms with E-state index in [0.29, 0.717) is 36.0 Å². The van der Waals surface area contributed by atoms with Gasteiger partial charge in [-0.2, -0.15) is 0 Å². The molecule has 1 fully saturated rings. The second kappa shape index (κ2) is 9.33. The minimum Gasteiger partial charge on any atom is -0.493 e. The Morgan fingerprint density at radius 3 is 2.59 bits per heavy atom. The van der Waals surface area contributed by atoms with Gasteiger partial charge in [-0.25, -0.2) is 13.8 Å². The molecule has 1 saturated heterocycles. The molecule has 0 aliphatic carbocycles. The zero-order valence-corrected chi connectivity index (χ0v) is 17.9. The maximum Gasteiger partial charge on any atom is 0.254 e. The molecule has 1 unspecified atom stereocenters. The number of aromatic nitrogens is 2. The number of fused-ring (bicyclic) bond motifs is 1. The smallest absolute Gasteiger partial charge is 0.254 e. The van der Waals surface area contributed by atoms with Crippen LogP contribution in [-0.4, -0.2) is 54.1 Å². The Morgan fingerprint density at radius 2 is 1.84 bits per heavy atom. The Balaban J connectivity index is 1.49. The number of nitrogens with zero attached hydrogens (tertiary/aromatic N) is 3. The molecule has 168 valence electrons. The maximum atomic E-state index is 13.5. The number of nitrogens with one attached hydrogen (secondary N) is 1. The molecule has 9 heteroatoms. The van der Waals surface area contributed by atoms with Gasteiger partial charge in [0.25, 0.3) is 5.91 Å². The lowest BCUT2D eigenvalue weighted by Gasteiger charge is -2.36. The van der Waals surface area contributed by atoms with Crippen LogP contribution < -0.4 is 14.8 Å². The molecule has 1 amide bonds. The van der Waals surface area contributed by atoms with Crippen LogP contribution in [0.15, 0.2) is 36.5 Å². The van der Waals surface area contributed by atoms with Gasteiger partial charge < -0.3 is 19.7 Å². The molecule has 32 heavy (non-hydrogen) atoms. The lowest BCUT2D eigenvalue weighted by molar-refractivity contribution is 0.0628. The van der Waals surface area contributed by atoms with Gasteiger partial charge in [-0.3, -0.25) is 9.78 Å². The van der Waals surface area contributed by atoms with Crippen LogP contribution in [0.25, 0.3) is 11.0 Å². The topological polar surface area (TPSA) is 76.6 Å². The number of ether oxygens (including phenoxy) is 2. The van der Waals surface area contributed by atoms with Crippen molar-refractivity contribution in [2.24, 2.45) is 0 Å². The highest BCUT2D eigenvalue weighted by atomic mass is 19.2. The number of carbonyl (C=O) groups excluding carboxylic acids is 1. The molecule has 1 N–H and O–H groups in total. The number of likely N-dealkylation sites (tertiary alicyclic amines) is 1. The van der Waals surface area contributed by atoms with E-state index in [4.69, 9.17) is 9.47 Å². The Bertz CT molecular complexity index is 1140. The van der Waals surface area contributed by atoms with E-state index in [2.05, 4.69) is 15.3 Å². The number of carbonyl (C=O) groups is 1. The van der Waals surface area contributed by atoms with Gasteiger partial charge in [0.2, 0.25) is 0 Å². The van der Waals surface area contributed by atoms with Crippen LogP contribution in [0.3, 0.4) is 0 Å². The monoisotopic (exact) mass is 442 g/mol. The summed E-state index contributed by atoms with van der Waals surface area (Å²) in [7, 11) is 3.08. The number of halogens is 2. The van der Waals surface area contributed by atoms with Gasteiger partial charge in [-0.1, -0.05) is 0 Å². The average molecular weight is 442 g/mol. The van der Waals surface area contributed by atoms with Crippen LogP contribution in [0.2, 0.25) is 0 Å². The van der Waals surface area contributed by atoms with Gasteiger partial charge in [0.15, 0.2) is 23.1 Å². The summed E-state index contributed by atoms with van der Waals surface area (Å²) in [6.07, 6.45) is 4.25. The molecule has 0 radical (unpaired) electrons. The van der Waals surface area contributed by atoms with E-state index < -0.39 is 11.6 Å². The van der Waals surface area contributed by atoms with Crippen LogP contribution in [0, 0.1) is 11.6 Å². The third-order valence-corrected chi connectivity index (χ3v) is 5.62. The van der Waals surface area contributed by atoms with Crippen LogP contribution in [-0.2, 0) is 0 Å². The fourth-order valence-corrected chi connectivity index (χ4v) is 3.93. The van der Waals surface area contributed by atoms with Crippen molar-refractivity contribution in [1.82, 2.24) is 14.9 Å². The molecular weight excluding hydrogens is 418 g/mol. The Kier molecular flexibility index (Phi) is 6.34. The van der Waals surface area contributed by atoms with Gasteiger partial charge in [-0.05, 0) is 37.5 Å².